The highest BCUT2D eigenvalue weighted by Crippen LogP contribution is 2.28. The molecule has 1 saturated heterocycles. The van der Waals surface area contributed by atoms with Gasteiger partial charge in [0, 0.05) is 91.5 Å². The number of hydrogen-bond acceptors (Lipinski definition) is 19. The molecule has 88 heavy (non-hydrogen) atoms. The fraction of sp³-hybridized carbons (Fsp3) is 0.542. The molecule has 4 rings (SSSR count). The second-order valence-corrected chi connectivity index (χ2v) is 20.3. The summed E-state index contributed by atoms with van der Waals surface area (Å²) >= 11 is 0. The Morgan fingerprint density at radius 1 is 0.557 bits per heavy atom. The number of guanidine groups is 1. The summed E-state index contributed by atoms with van der Waals surface area (Å²) in [6.45, 7) is 6.73. The number of carboxylic acids is 3. The van der Waals surface area contributed by atoms with Gasteiger partial charge >= 0.3 is 23.9 Å². The molecule has 0 aromatic heterocycles. The van der Waals surface area contributed by atoms with Gasteiger partial charge in [0.05, 0.1) is 85.0 Å². The normalized spacial score (nSPS) is 14.7. The van der Waals surface area contributed by atoms with Crippen LogP contribution in [-0.4, -0.2) is 264 Å². The van der Waals surface area contributed by atoms with E-state index < -0.39 is 47.7 Å². The van der Waals surface area contributed by atoms with Crippen molar-refractivity contribution in [3.8, 4) is 11.5 Å². The highest BCUT2D eigenvalue weighted by atomic mass is 16.6. The van der Waals surface area contributed by atoms with Crippen LogP contribution in [0.5, 0.6) is 11.5 Å². The summed E-state index contributed by atoms with van der Waals surface area (Å²) in [7, 11) is 0. The number of carboxylic acid groups (broad SMARTS) is 3. The van der Waals surface area contributed by atoms with E-state index in [1.807, 2.05) is 35.2 Å². The maximum Gasteiger partial charge on any atom is 0.321 e. The van der Waals surface area contributed by atoms with E-state index in [0.29, 0.717) is 88.9 Å². The molecule has 1 heterocycles. The summed E-state index contributed by atoms with van der Waals surface area (Å²) in [6.07, 6.45) is 0.785. The number of aromatic hydroxyl groups is 1. The molecule has 6 amide bonds. The van der Waals surface area contributed by atoms with Crippen LogP contribution in [0.15, 0.2) is 83.9 Å². The predicted molar refractivity (Wildman–Crippen MR) is 323 cm³/mol. The van der Waals surface area contributed by atoms with Crippen LogP contribution in [0.3, 0.4) is 0 Å². The Balaban J connectivity index is 1.15. The van der Waals surface area contributed by atoms with Gasteiger partial charge in [-0.25, -0.2) is 4.79 Å². The van der Waals surface area contributed by atoms with E-state index in [-0.39, 0.29) is 141 Å². The van der Waals surface area contributed by atoms with Gasteiger partial charge in [0.1, 0.15) is 24.1 Å². The summed E-state index contributed by atoms with van der Waals surface area (Å²) in [5, 5.41) is 54.3. The molecule has 29 heteroatoms. The number of rotatable bonds is 39. The van der Waals surface area contributed by atoms with Gasteiger partial charge in [0.2, 0.25) is 23.6 Å². The molecule has 2 unspecified atom stereocenters. The topological polar surface area (TPSA) is 387 Å². The molecular weight excluding hydrogens is 1150 g/mol. The van der Waals surface area contributed by atoms with Gasteiger partial charge in [-0.3, -0.25) is 63.5 Å². The van der Waals surface area contributed by atoms with Gasteiger partial charge in [-0.1, -0.05) is 61.5 Å². The van der Waals surface area contributed by atoms with Crippen molar-refractivity contribution in [3.63, 3.8) is 0 Å². The molecule has 0 bridgehead atoms. The van der Waals surface area contributed by atoms with E-state index in [4.69, 9.17) is 29.4 Å². The van der Waals surface area contributed by atoms with Crippen LogP contribution in [0.2, 0.25) is 0 Å². The van der Waals surface area contributed by atoms with Gasteiger partial charge in [-0.15, -0.1) is 0 Å². The zero-order chi connectivity index (χ0) is 63.7. The third-order valence-corrected chi connectivity index (χ3v) is 13.4. The fourth-order valence-electron chi connectivity index (χ4n) is 8.86. The molecule has 29 nitrogen and oxygen atoms in total. The Morgan fingerprint density at radius 2 is 1.06 bits per heavy atom. The van der Waals surface area contributed by atoms with E-state index in [0.717, 1.165) is 5.56 Å². The van der Waals surface area contributed by atoms with Crippen molar-refractivity contribution in [3.05, 3.63) is 95.6 Å². The minimum absolute atomic E-state index is 0.00298. The van der Waals surface area contributed by atoms with Crippen molar-refractivity contribution in [2.75, 3.05) is 164 Å². The molecule has 1 fully saturated rings. The Labute approximate surface area is 512 Å². The summed E-state index contributed by atoms with van der Waals surface area (Å²) in [6, 6.07) is 21.0. The van der Waals surface area contributed by atoms with Crippen LogP contribution in [0.1, 0.15) is 48.8 Å². The number of nitrogens with one attached hydrogen (secondary N) is 6. The third kappa shape index (κ3) is 32.1. The molecule has 1 aliphatic rings. The van der Waals surface area contributed by atoms with Crippen molar-refractivity contribution in [2.24, 2.45) is 10.7 Å². The average molecular weight is 1240 g/mol. The van der Waals surface area contributed by atoms with Gasteiger partial charge in [0.25, 0.3) is 0 Å². The molecule has 3 aromatic rings. The molecule has 0 aliphatic carbocycles. The number of phenols is 1. The largest absolute Gasteiger partial charge is 0.508 e. The minimum Gasteiger partial charge on any atom is -0.508 e. The number of urea groups is 1. The second kappa shape index (κ2) is 42.8. The van der Waals surface area contributed by atoms with Crippen LogP contribution >= 0.6 is 0 Å². The van der Waals surface area contributed by atoms with Crippen LogP contribution in [0.4, 0.5) is 4.79 Å². The van der Waals surface area contributed by atoms with E-state index in [2.05, 4.69) is 36.9 Å². The number of amides is 6. The van der Waals surface area contributed by atoms with E-state index in [1.54, 1.807) is 58.0 Å². The molecule has 0 saturated carbocycles. The van der Waals surface area contributed by atoms with Crippen molar-refractivity contribution in [1.29, 1.82) is 0 Å². The fourth-order valence-corrected chi connectivity index (χ4v) is 8.86. The lowest BCUT2D eigenvalue weighted by atomic mass is 9.90. The molecule has 1 aliphatic heterocycles. The quantitative estimate of drug-likeness (QED) is 0.0191. The first-order valence-electron chi connectivity index (χ1n) is 29.4. The smallest absolute Gasteiger partial charge is 0.321 e. The Kier molecular flexibility index (Phi) is 35.2. The van der Waals surface area contributed by atoms with Crippen LogP contribution in [-0.2, 0) is 59.1 Å². The maximum atomic E-state index is 14.4. The third-order valence-electron chi connectivity index (χ3n) is 13.4. The van der Waals surface area contributed by atoms with Gasteiger partial charge in [0.15, 0.2) is 5.96 Å². The maximum absolute atomic E-state index is 14.4. The SMILES string of the molecule is CCC(=O)NCCNC(=O)NC(N)=NCCCC(NC(=O)C(c1ccccc1)c1cccc(OCCOCCOCCOCCOCCNC(=O)CN2CCN(CC(=O)O)CCN(CC(=O)O)CCN(CC(=O)O)CC2)c1)C(=O)NCc1ccc(O)cc1. The predicted octanol–water partition coefficient (Wildman–Crippen LogP) is -0.718. The first kappa shape index (κ1) is 72.4. The van der Waals surface area contributed by atoms with Crippen molar-refractivity contribution in [2.45, 2.75) is 44.7 Å². The number of benzene rings is 3. The zero-order valence-electron chi connectivity index (χ0n) is 50.1. The van der Waals surface area contributed by atoms with Crippen molar-refractivity contribution < 1.29 is 82.5 Å². The van der Waals surface area contributed by atoms with Crippen molar-refractivity contribution >= 4 is 53.5 Å². The highest BCUT2D eigenvalue weighted by molar-refractivity contribution is 5.95. The summed E-state index contributed by atoms with van der Waals surface area (Å²) < 4.78 is 28.5. The lowest BCUT2D eigenvalue weighted by Gasteiger charge is -2.32. The van der Waals surface area contributed by atoms with Gasteiger partial charge in [-0.2, -0.15) is 0 Å². The molecule has 0 spiro atoms. The Hall–Kier alpha value is -8.03. The number of nitrogens with two attached hydrogens (primary N) is 1. The number of carbonyl (C=O) groups is 8. The standard InChI is InChI=1S/C59H88N12O17/c1-2-50(73)61-18-19-64-59(83)67-58(60)63-17-7-12-49(56(81)65-39-44-13-15-47(72)16-14-44)66-57(82)55(45-8-4-3-5-9-45)46-10-6-11-48(38-46)88-37-36-87-35-34-86-33-32-85-31-30-84-29-20-62-51(74)40-68-21-23-69(41-52(75)76)25-27-71(43-54(79)80)28-26-70(24-22-68)42-53(77)78/h3-6,8-11,13-16,38,49,55,72H,2,7,12,17-37,39-43H2,1H3,(H,61,73)(H,62,74)(H,65,81)(H,66,82)(H,75,76)(H,77,78)(H,79,80)(H4,60,63,64,67,83). The Morgan fingerprint density at radius 3 is 1.60 bits per heavy atom. The van der Waals surface area contributed by atoms with E-state index in [9.17, 15) is 58.8 Å². The van der Waals surface area contributed by atoms with E-state index in [1.165, 1.54) is 12.1 Å². The zero-order valence-corrected chi connectivity index (χ0v) is 50.1. The highest BCUT2D eigenvalue weighted by Gasteiger charge is 2.29. The number of hydrogen-bond donors (Lipinski definition) is 11. The molecule has 12 N–H and O–H groups in total. The first-order valence-corrected chi connectivity index (χ1v) is 29.4. The number of carbonyl (C=O) groups excluding carboxylic acids is 5. The van der Waals surface area contributed by atoms with Crippen LogP contribution in [0.25, 0.3) is 0 Å². The number of aliphatic imine (C=N–C) groups is 1. The summed E-state index contributed by atoms with van der Waals surface area (Å²) in [4.78, 5) is 110. The molecule has 486 valence electrons. The molecule has 3 aromatic carbocycles. The Bertz CT molecular complexity index is 2590. The molecule has 0 radical (unpaired) electrons. The first-order chi connectivity index (χ1) is 42.5. The number of aliphatic carboxylic acids is 3. The number of nitrogens with zero attached hydrogens (tertiary/aromatic N) is 5. The second-order valence-electron chi connectivity index (χ2n) is 20.3. The minimum atomic E-state index is -1.04. The lowest BCUT2D eigenvalue weighted by Crippen LogP contribution is -2.50. The van der Waals surface area contributed by atoms with Crippen LogP contribution in [0, 0.1) is 0 Å². The van der Waals surface area contributed by atoms with Crippen molar-refractivity contribution in [1.82, 2.24) is 51.5 Å². The number of phenolic OH excluding ortho intramolecular Hbond substituents is 1. The molecule has 2 atom stereocenters. The van der Waals surface area contributed by atoms with Gasteiger partial charge in [-0.05, 0) is 53.8 Å². The van der Waals surface area contributed by atoms with Crippen LogP contribution < -0.4 is 42.4 Å². The number of ether oxygens (including phenoxy) is 5. The summed E-state index contributed by atoms with van der Waals surface area (Å²) in [5.74, 6) is -4.83. The monoisotopic (exact) mass is 1240 g/mol. The average Bonchev–Trinajstić information content (AvgIpc) is 2.16. The molecular formula is C59H88N12O17. The lowest BCUT2D eigenvalue weighted by molar-refractivity contribution is -0.140. The van der Waals surface area contributed by atoms with E-state index >= 15 is 0 Å². The summed E-state index contributed by atoms with van der Waals surface area (Å²) in [5.41, 5.74) is 7.95. The van der Waals surface area contributed by atoms with Gasteiger partial charge < -0.3 is 76.4 Å².